The first-order chi connectivity index (χ1) is 10.1. The minimum atomic E-state index is -2.72. The summed E-state index contributed by atoms with van der Waals surface area (Å²) in [6.45, 7) is 1.87. The van der Waals surface area contributed by atoms with Gasteiger partial charge < -0.3 is 0 Å². The molecule has 0 radical (unpaired) electrons. The average Bonchev–Trinajstić information content (AvgIpc) is 2.50. The Kier molecular flexibility index (Phi) is 4.97. The molecular weight excluding hydrogens is 320 g/mol. The van der Waals surface area contributed by atoms with Crippen molar-refractivity contribution in [3.8, 4) is 0 Å². The normalized spacial score (nSPS) is 60.3. The van der Waals surface area contributed by atoms with Gasteiger partial charge in [-0.1, -0.05) is 13.8 Å². The maximum absolute atomic E-state index is 14.0. The van der Waals surface area contributed by atoms with Crippen molar-refractivity contribution in [1.82, 2.24) is 0 Å². The van der Waals surface area contributed by atoms with Crippen molar-refractivity contribution in [1.29, 1.82) is 0 Å². The maximum Gasteiger partial charge on any atom is 0.138 e. The molecule has 0 heterocycles. The van der Waals surface area contributed by atoms with Crippen LogP contribution in [0.15, 0.2) is 0 Å². The highest BCUT2D eigenvalue weighted by Crippen LogP contribution is 2.49. The van der Waals surface area contributed by atoms with Crippen molar-refractivity contribution in [2.24, 2.45) is 23.7 Å². The van der Waals surface area contributed by atoms with Crippen LogP contribution in [0.1, 0.15) is 13.8 Å². The van der Waals surface area contributed by atoms with Gasteiger partial charge in [0, 0.05) is 23.7 Å². The van der Waals surface area contributed by atoms with Crippen molar-refractivity contribution < 1.29 is 35.1 Å². The van der Waals surface area contributed by atoms with E-state index in [0.29, 0.717) is 0 Å². The zero-order chi connectivity index (χ0) is 16.9. The van der Waals surface area contributed by atoms with E-state index in [9.17, 15) is 35.1 Å². The monoisotopic (exact) mass is 338 g/mol. The summed E-state index contributed by atoms with van der Waals surface area (Å²) in [4.78, 5) is 0. The lowest BCUT2D eigenvalue weighted by Gasteiger charge is -2.47. The molecule has 0 aliphatic heterocycles. The van der Waals surface area contributed by atoms with Gasteiger partial charge in [0.05, 0.1) is 0 Å². The van der Waals surface area contributed by atoms with Crippen LogP contribution < -0.4 is 0 Å². The zero-order valence-corrected chi connectivity index (χ0v) is 12.0. The lowest BCUT2D eigenvalue weighted by Crippen LogP contribution is -2.61. The van der Waals surface area contributed by atoms with Crippen molar-refractivity contribution in [3.63, 3.8) is 0 Å². The van der Waals surface area contributed by atoms with E-state index in [0.717, 1.165) is 13.8 Å². The molecule has 0 spiro atoms. The predicted molar refractivity (Wildman–Crippen MR) is 64.5 cm³/mol. The van der Waals surface area contributed by atoms with Crippen LogP contribution in [0.25, 0.3) is 0 Å². The highest BCUT2D eigenvalue weighted by atomic mass is 19.2. The lowest BCUT2D eigenvalue weighted by atomic mass is 9.64. The van der Waals surface area contributed by atoms with E-state index in [2.05, 4.69) is 0 Å². The van der Waals surface area contributed by atoms with Crippen LogP contribution >= 0.6 is 0 Å². The standard InChI is InChI=1S/C14H18F8/c1-3-7(15)11(19)5(12(20)8(3)16)6-13(21)9(17)4(2)10(18)14(6)22/h3-14H,1-2H3. The van der Waals surface area contributed by atoms with Gasteiger partial charge in [-0.2, -0.15) is 0 Å². The fraction of sp³-hybridized carbons (Fsp3) is 1.00. The summed E-state index contributed by atoms with van der Waals surface area (Å²) in [5.74, 6) is -8.06. The highest BCUT2D eigenvalue weighted by molar-refractivity contribution is 5.07. The summed E-state index contributed by atoms with van der Waals surface area (Å²) in [5, 5.41) is 0. The Bertz CT molecular complexity index is 325. The number of hydrogen-bond donors (Lipinski definition) is 0. The van der Waals surface area contributed by atoms with Crippen molar-refractivity contribution in [2.75, 3.05) is 0 Å². The molecule has 8 atom stereocenters. The smallest absolute Gasteiger partial charge is 0.138 e. The first-order valence-electron chi connectivity index (χ1n) is 7.23. The summed E-state index contributed by atoms with van der Waals surface area (Å²) in [6.07, 6.45) is -20.8. The van der Waals surface area contributed by atoms with Crippen molar-refractivity contribution >= 4 is 0 Å². The van der Waals surface area contributed by atoms with E-state index in [4.69, 9.17) is 0 Å². The van der Waals surface area contributed by atoms with Gasteiger partial charge in [0.1, 0.15) is 49.4 Å². The molecule has 0 aromatic heterocycles. The fourth-order valence-corrected chi connectivity index (χ4v) is 3.56. The molecule has 22 heavy (non-hydrogen) atoms. The second kappa shape index (κ2) is 6.15. The van der Waals surface area contributed by atoms with Gasteiger partial charge in [-0.05, 0) is 0 Å². The van der Waals surface area contributed by atoms with E-state index >= 15 is 0 Å². The molecule has 0 nitrogen and oxygen atoms in total. The summed E-state index contributed by atoms with van der Waals surface area (Å²) in [6, 6.07) is 0. The van der Waals surface area contributed by atoms with Crippen LogP contribution in [-0.2, 0) is 0 Å². The molecule has 2 saturated carbocycles. The topological polar surface area (TPSA) is 0 Å². The highest BCUT2D eigenvalue weighted by Gasteiger charge is 2.61. The zero-order valence-electron chi connectivity index (χ0n) is 12.0. The van der Waals surface area contributed by atoms with Crippen molar-refractivity contribution in [2.45, 2.75) is 63.2 Å². The first-order valence-corrected chi connectivity index (χ1v) is 7.23. The first kappa shape index (κ1) is 17.8. The van der Waals surface area contributed by atoms with Crippen LogP contribution in [0.3, 0.4) is 0 Å². The van der Waals surface area contributed by atoms with Gasteiger partial charge in [-0.15, -0.1) is 0 Å². The second-order valence-corrected chi connectivity index (χ2v) is 6.43. The van der Waals surface area contributed by atoms with Crippen molar-refractivity contribution in [3.05, 3.63) is 0 Å². The quantitative estimate of drug-likeness (QED) is 0.628. The Labute approximate surface area is 123 Å². The number of halogens is 8. The molecule has 0 aromatic carbocycles. The Hall–Kier alpha value is -0.560. The lowest BCUT2D eigenvalue weighted by molar-refractivity contribution is -0.155. The molecule has 8 heteroatoms. The van der Waals surface area contributed by atoms with Gasteiger partial charge >= 0.3 is 0 Å². The molecule has 0 saturated heterocycles. The number of rotatable bonds is 1. The average molecular weight is 338 g/mol. The molecule has 0 aromatic rings. The van der Waals surface area contributed by atoms with Gasteiger partial charge in [0.2, 0.25) is 0 Å². The van der Waals surface area contributed by atoms with Crippen LogP contribution in [-0.4, -0.2) is 49.4 Å². The van der Waals surface area contributed by atoms with Gasteiger partial charge in [0.15, 0.2) is 0 Å². The van der Waals surface area contributed by atoms with E-state index in [1.54, 1.807) is 0 Å². The molecule has 2 fully saturated rings. The van der Waals surface area contributed by atoms with Gasteiger partial charge in [-0.25, -0.2) is 35.1 Å². The summed E-state index contributed by atoms with van der Waals surface area (Å²) in [7, 11) is 0. The Balaban J connectivity index is 2.35. The number of alkyl halides is 8. The molecule has 0 bridgehead atoms. The van der Waals surface area contributed by atoms with E-state index < -0.39 is 73.0 Å². The molecule has 0 amide bonds. The third-order valence-corrected chi connectivity index (χ3v) is 5.14. The summed E-state index contributed by atoms with van der Waals surface area (Å²) >= 11 is 0. The van der Waals surface area contributed by atoms with Crippen LogP contribution in [0.4, 0.5) is 35.1 Å². The van der Waals surface area contributed by atoms with E-state index in [-0.39, 0.29) is 0 Å². The predicted octanol–water partition coefficient (Wildman–Crippen LogP) is 4.22. The molecule has 2 rings (SSSR count). The molecular formula is C14H18F8. The summed E-state index contributed by atoms with van der Waals surface area (Å²) < 4.78 is 111. The maximum atomic E-state index is 14.0. The van der Waals surface area contributed by atoms with E-state index in [1.807, 2.05) is 0 Å². The molecule has 0 N–H and O–H groups in total. The molecule has 8 unspecified atom stereocenters. The molecule has 2 aliphatic rings. The second-order valence-electron chi connectivity index (χ2n) is 6.43. The van der Waals surface area contributed by atoms with Crippen LogP contribution in [0.5, 0.6) is 0 Å². The third kappa shape index (κ3) is 2.50. The van der Waals surface area contributed by atoms with Crippen LogP contribution in [0, 0.1) is 23.7 Å². The minimum absolute atomic E-state index is 0.934. The Morgan fingerprint density at radius 1 is 0.364 bits per heavy atom. The van der Waals surface area contributed by atoms with E-state index in [1.165, 1.54) is 0 Å². The molecule has 130 valence electrons. The Morgan fingerprint density at radius 2 is 0.545 bits per heavy atom. The van der Waals surface area contributed by atoms with Gasteiger partial charge in [-0.3, -0.25) is 0 Å². The fourth-order valence-electron chi connectivity index (χ4n) is 3.56. The SMILES string of the molecule is CC1C(F)C(F)C(C2C(F)C(F)C(C)C(F)C2F)C(F)C1F. The minimum Gasteiger partial charge on any atom is -0.244 e. The van der Waals surface area contributed by atoms with Crippen LogP contribution in [0.2, 0.25) is 0 Å². The molecule has 2 aliphatic carbocycles. The third-order valence-electron chi connectivity index (χ3n) is 5.14. The largest absolute Gasteiger partial charge is 0.244 e. The van der Waals surface area contributed by atoms with Gasteiger partial charge in [0.25, 0.3) is 0 Å². The summed E-state index contributed by atoms with van der Waals surface area (Å²) in [5.41, 5.74) is 0. The number of hydrogen-bond acceptors (Lipinski definition) is 0. The Morgan fingerprint density at radius 3 is 0.727 bits per heavy atom.